The maximum Gasteiger partial charge on any atom is 1.00 e. The van der Waals surface area contributed by atoms with E-state index in [-0.39, 0.29) is 52.8 Å². The molecule has 13 heavy (non-hydrogen) atoms. The molecule has 1 aromatic rings. The third kappa shape index (κ3) is 12.7. The maximum absolute atomic E-state index is 8.50. The quantitative estimate of drug-likeness (QED) is 0.496. The van der Waals surface area contributed by atoms with Crippen LogP contribution in [0.2, 0.25) is 0 Å². The molecule has 0 saturated heterocycles. The largest absolute Gasteiger partial charge is 1.00 e. The van der Waals surface area contributed by atoms with Crippen molar-refractivity contribution in [1.29, 1.82) is 0 Å². The van der Waals surface area contributed by atoms with Crippen molar-refractivity contribution in [3.05, 3.63) is 30.6 Å². The van der Waals surface area contributed by atoms with E-state index >= 15 is 0 Å². The summed E-state index contributed by atoms with van der Waals surface area (Å²) >= 11 is 0. The van der Waals surface area contributed by atoms with E-state index in [4.69, 9.17) is 5.21 Å². The Labute approximate surface area is 124 Å². The first-order valence-electron chi connectivity index (χ1n) is 4.10. The number of rotatable bonds is 2. The third-order valence-corrected chi connectivity index (χ3v) is 1.30. The number of aromatic nitrogens is 1. The van der Waals surface area contributed by atoms with Crippen LogP contribution < -0.4 is 51.4 Å². The molecule has 0 aliphatic heterocycles. The van der Waals surface area contributed by atoms with Crippen molar-refractivity contribution in [3.8, 4) is 0 Å². The van der Waals surface area contributed by atoms with E-state index in [0.717, 1.165) is 13.1 Å². The summed E-state index contributed by atoms with van der Waals surface area (Å²) in [4.78, 5) is 3.78. The minimum atomic E-state index is 0. The Kier molecular flexibility index (Phi) is 15.8. The van der Waals surface area contributed by atoms with Gasteiger partial charge in [0.1, 0.15) is 0 Å². The van der Waals surface area contributed by atoms with Gasteiger partial charge in [0, 0.05) is 25.5 Å². The van der Waals surface area contributed by atoms with Gasteiger partial charge in [-0.2, -0.15) is 5.06 Å². The Morgan fingerprint density at radius 2 is 1.62 bits per heavy atom. The summed E-state index contributed by atoms with van der Waals surface area (Å²) in [6, 6.07) is 5.72. The second-order valence-electron chi connectivity index (χ2n) is 2.16. The molecule has 4 heteroatoms. The van der Waals surface area contributed by atoms with Crippen LogP contribution in [0, 0.1) is 0 Å². The average molecular weight is 208 g/mol. The molecular weight excluding hydrogens is 191 g/mol. The van der Waals surface area contributed by atoms with Crippen LogP contribution in [0.3, 0.4) is 0 Å². The molecule has 1 aromatic heterocycles. The predicted molar refractivity (Wildman–Crippen MR) is 50.1 cm³/mol. The fourth-order valence-electron chi connectivity index (χ4n) is 0.536. The molecule has 0 aromatic carbocycles. The first kappa shape index (κ1) is 16.1. The zero-order valence-electron chi connectivity index (χ0n) is 9.64. The zero-order valence-corrected chi connectivity index (χ0v) is 11.8. The Morgan fingerprint density at radius 1 is 1.15 bits per heavy atom. The number of hydroxylamine groups is 2. The van der Waals surface area contributed by atoms with Gasteiger partial charge in [0.25, 0.3) is 0 Å². The molecule has 0 radical (unpaired) electrons. The minimum Gasteiger partial charge on any atom is -1.00 e. The zero-order chi connectivity index (χ0) is 9.23. The normalized spacial score (nSPS) is 8.31. The van der Waals surface area contributed by atoms with Crippen LogP contribution in [-0.4, -0.2) is 28.3 Å². The molecular formula is C9H17KN2O. The van der Waals surface area contributed by atoms with Gasteiger partial charge in [0.15, 0.2) is 0 Å². The monoisotopic (exact) mass is 208 g/mol. The molecule has 70 valence electrons. The summed E-state index contributed by atoms with van der Waals surface area (Å²) in [6.45, 7) is 5.25. The topological polar surface area (TPSA) is 36.4 Å². The van der Waals surface area contributed by atoms with Crippen molar-refractivity contribution in [2.75, 3.05) is 13.1 Å². The molecule has 0 unspecified atom stereocenters. The Balaban J connectivity index is -0.000000151. The average Bonchev–Trinajstić information content (AvgIpc) is 2.20. The molecule has 3 nitrogen and oxygen atoms in total. The summed E-state index contributed by atoms with van der Waals surface area (Å²) < 4.78 is 0. The minimum absolute atomic E-state index is 0. The van der Waals surface area contributed by atoms with Gasteiger partial charge >= 0.3 is 51.4 Å². The van der Waals surface area contributed by atoms with Crippen LogP contribution in [0.25, 0.3) is 0 Å². The molecule has 1 rings (SSSR count). The van der Waals surface area contributed by atoms with Crippen molar-refractivity contribution in [1.82, 2.24) is 10.0 Å². The van der Waals surface area contributed by atoms with Crippen LogP contribution in [-0.2, 0) is 0 Å². The molecule has 0 saturated carbocycles. The third-order valence-electron chi connectivity index (χ3n) is 1.30. The Hall–Kier alpha value is 0.706. The Morgan fingerprint density at radius 3 is 1.69 bits per heavy atom. The van der Waals surface area contributed by atoms with Gasteiger partial charge in [0.2, 0.25) is 0 Å². The molecule has 0 bridgehead atoms. The van der Waals surface area contributed by atoms with Crippen molar-refractivity contribution < 1.29 is 58.0 Å². The smallest absolute Gasteiger partial charge is 1.00 e. The number of pyridine rings is 1. The van der Waals surface area contributed by atoms with Gasteiger partial charge in [-0.25, -0.2) is 0 Å². The predicted octanol–water partition coefficient (Wildman–Crippen LogP) is -1.08. The van der Waals surface area contributed by atoms with E-state index in [0.29, 0.717) is 0 Å². The fourth-order valence-corrected chi connectivity index (χ4v) is 0.536. The van der Waals surface area contributed by atoms with Gasteiger partial charge in [-0.05, 0) is 12.1 Å². The van der Waals surface area contributed by atoms with E-state index in [1.165, 1.54) is 5.06 Å². The summed E-state index contributed by atoms with van der Waals surface area (Å²) in [6.07, 6.45) is 3.50. The SMILES string of the molecule is CCN(O)CC.[H-].[K+].c1ccncc1. The number of hydrogen-bond acceptors (Lipinski definition) is 3. The molecule has 0 fully saturated rings. The van der Waals surface area contributed by atoms with Gasteiger partial charge in [0.05, 0.1) is 0 Å². The number of hydrogen-bond donors (Lipinski definition) is 1. The van der Waals surface area contributed by atoms with E-state index < -0.39 is 0 Å². The standard InChI is InChI=1S/C5H5N.C4H11NO.K.H/c1-2-4-6-5-3-1;1-3-5(6)4-2;;/h1-5H;6H,3-4H2,1-2H3;;/q;;+1;-1. The summed E-state index contributed by atoms with van der Waals surface area (Å²) in [7, 11) is 0. The summed E-state index contributed by atoms with van der Waals surface area (Å²) in [5.41, 5.74) is 0. The molecule has 0 atom stereocenters. The Bertz CT molecular complexity index is 147. The van der Waals surface area contributed by atoms with Crippen LogP contribution in [0.4, 0.5) is 0 Å². The van der Waals surface area contributed by atoms with Gasteiger partial charge < -0.3 is 6.63 Å². The maximum atomic E-state index is 8.50. The van der Waals surface area contributed by atoms with E-state index in [1.807, 2.05) is 32.0 Å². The van der Waals surface area contributed by atoms with Crippen molar-refractivity contribution in [2.24, 2.45) is 0 Å². The van der Waals surface area contributed by atoms with Crippen LogP contribution in [0.1, 0.15) is 15.3 Å². The second kappa shape index (κ2) is 12.7. The molecule has 1 N–H and O–H groups in total. The van der Waals surface area contributed by atoms with Crippen LogP contribution in [0.5, 0.6) is 0 Å². The van der Waals surface area contributed by atoms with Gasteiger partial charge in [-0.1, -0.05) is 19.9 Å². The molecule has 1 heterocycles. The van der Waals surface area contributed by atoms with E-state index in [1.54, 1.807) is 12.4 Å². The van der Waals surface area contributed by atoms with Crippen molar-refractivity contribution in [2.45, 2.75) is 13.8 Å². The molecule has 0 amide bonds. The van der Waals surface area contributed by atoms with Crippen molar-refractivity contribution in [3.63, 3.8) is 0 Å². The van der Waals surface area contributed by atoms with E-state index in [2.05, 4.69) is 4.98 Å². The molecule has 0 aliphatic rings. The van der Waals surface area contributed by atoms with Crippen LogP contribution >= 0.6 is 0 Å². The first-order valence-corrected chi connectivity index (χ1v) is 4.10. The summed E-state index contributed by atoms with van der Waals surface area (Å²) in [5, 5.41) is 9.75. The molecule has 0 aliphatic carbocycles. The van der Waals surface area contributed by atoms with Crippen LogP contribution in [0.15, 0.2) is 30.6 Å². The van der Waals surface area contributed by atoms with Gasteiger partial charge in [-0.15, -0.1) is 0 Å². The van der Waals surface area contributed by atoms with Crippen molar-refractivity contribution >= 4 is 0 Å². The number of nitrogens with zero attached hydrogens (tertiary/aromatic N) is 2. The summed E-state index contributed by atoms with van der Waals surface area (Å²) in [5.74, 6) is 0. The second-order valence-corrected chi connectivity index (χ2v) is 2.16. The first-order chi connectivity index (χ1) is 5.81. The molecule has 0 spiro atoms. The fraction of sp³-hybridized carbons (Fsp3) is 0.444. The van der Waals surface area contributed by atoms with Gasteiger partial charge in [-0.3, -0.25) is 4.98 Å². The van der Waals surface area contributed by atoms with E-state index in [9.17, 15) is 0 Å².